The van der Waals surface area contributed by atoms with Crippen LogP contribution in [0.15, 0.2) is 44.4 Å². The van der Waals surface area contributed by atoms with Crippen LogP contribution in [0, 0.1) is 0 Å². The summed E-state index contributed by atoms with van der Waals surface area (Å²) < 4.78 is 7.38. The molecule has 11 nitrogen and oxygen atoms in total. The summed E-state index contributed by atoms with van der Waals surface area (Å²) in [6.07, 6.45) is 0.0541. The number of aromatic nitrogens is 2. The lowest BCUT2D eigenvalue weighted by Gasteiger charge is -2.27. The molecule has 0 fully saturated rings. The molecule has 1 aliphatic rings. The van der Waals surface area contributed by atoms with Crippen LogP contribution in [-0.4, -0.2) is 38.2 Å². The number of aromatic amines is 1. The second-order valence-electron chi connectivity index (χ2n) is 10.5. The third-order valence-electron chi connectivity index (χ3n) is 6.21. The van der Waals surface area contributed by atoms with E-state index in [2.05, 4.69) is 31.5 Å². The zero-order valence-electron chi connectivity index (χ0n) is 21.7. The smallest absolute Gasteiger partial charge is 0.407 e. The van der Waals surface area contributed by atoms with Crippen molar-refractivity contribution in [1.29, 1.82) is 0 Å². The number of aryl methyl sites for hydroxylation is 1. The molecule has 0 spiro atoms. The maximum atomic E-state index is 13.1. The predicted molar refractivity (Wildman–Crippen MR) is 148 cm³/mol. The number of carboxylic acid groups (broad SMARTS) is 1. The number of carbonyl (C=O) groups is 3. The zero-order chi connectivity index (χ0) is 28.5. The third kappa shape index (κ3) is 6.75. The summed E-state index contributed by atoms with van der Waals surface area (Å²) >= 11 is 3.42. The Bertz CT molecular complexity index is 1590. The Labute approximate surface area is 231 Å². The molecule has 0 bridgehead atoms. The summed E-state index contributed by atoms with van der Waals surface area (Å²) in [5, 5.41) is 14.8. The van der Waals surface area contributed by atoms with Crippen molar-refractivity contribution in [3.8, 4) is 0 Å². The number of carbonyl (C=O) groups excluding carboxylic acids is 2. The molecule has 2 aromatic carbocycles. The number of carboxylic acids is 1. The number of anilines is 1. The van der Waals surface area contributed by atoms with Gasteiger partial charge in [0.2, 0.25) is 5.91 Å². The predicted octanol–water partition coefficient (Wildman–Crippen LogP) is 3.62. The van der Waals surface area contributed by atoms with Gasteiger partial charge in [0.15, 0.2) is 0 Å². The van der Waals surface area contributed by atoms with Crippen molar-refractivity contribution >= 4 is 50.6 Å². The van der Waals surface area contributed by atoms with E-state index in [-0.39, 0.29) is 19.4 Å². The number of amides is 2. The molecule has 0 aliphatic carbocycles. The molecule has 0 unspecified atom stereocenters. The van der Waals surface area contributed by atoms with Crippen molar-refractivity contribution in [2.75, 3.05) is 5.32 Å². The highest BCUT2D eigenvalue weighted by Crippen LogP contribution is 2.32. The number of nitrogens with one attached hydrogen (secondary N) is 3. The van der Waals surface area contributed by atoms with Crippen LogP contribution < -0.4 is 21.8 Å². The van der Waals surface area contributed by atoms with Crippen molar-refractivity contribution in [2.24, 2.45) is 0 Å². The van der Waals surface area contributed by atoms with Crippen molar-refractivity contribution < 1.29 is 24.2 Å². The standard InChI is InChI=1S/C27H29BrN4O7/c1-27(2,3)39-26(38)29-13-14-4-7-19(16(8-14)10-22(34)35)30-21(33)12-18-6-5-15-9-17(28)11-20-23(15)32(18)25(37)24(36)31-20/h4,7-9,11,18H,5-6,10,12-13H2,1-3H3,(H,29,38)(H,30,33)(H,31,36)(H,34,35)/t18-/m0/s1. The van der Waals surface area contributed by atoms with Crippen LogP contribution >= 0.6 is 15.9 Å². The van der Waals surface area contributed by atoms with Crippen molar-refractivity contribution in [2.45, 2.75) is 64.6 Å². The van der Waals surface area contributed by atoms with Crippen molar-refractivity contribution in [3.05, 3.63) is 72.2 Å². The number of alkyl carbamates (subject to hydrolysis) is 1. The van der Waals surface area contributed by atoms with Gasteiger partial charge < -0.3 is 25.5 Å². The van der Waals surface area contributed by atoms with Crippen LogP contribution in [-0.2, 0) is 33.7 Å². The number of hydrogen-bond acceptors (Lipinski definition) is 6. The second kappa shape index (κ2) is 11.0. The van der Waals surface area contributed by atoms with Crippen LogP contribution in [0.4, 0.5) is 10.5 Å². The van der Waals surface area contributed by atoms with E-state index in [0.29, 0.717) is 40.7 Å². The van der Waals surface area contributed by atoms with Gasteiger partial charge in [-0.25, -0.2) is 4.79 Å². The Kier molecular flexibility index (Phi) is 7.96. The molecular weight excluding hydrogens is 572 g/mol. The highest BCUT2D eigenvalue weighted by Gasteiger charge is 2.27. The summed E-state index contributed by atoms with van der Waals surface area (Å²) in [6.45, 7) is 5.34. The average Bonchev–Trinajstić information content (AvgIpc) is 2.81. The molecule has 2 heterocycles. The van der Waals surface area contributed by atoms with Gasteiger partial charge in [-0.2, -0.15) is 0 Å². The molecule has 206 valence electrons. The maximum Gasteiger partial charge on any atom is 0.407 e. The number of ether oxygens (including phenoxy) is 1. The maximum absolute atomic E-state index is 13.1. The molecular formula is C27H29BrN4O7. The summed E-state index contributed by atoms with van der Waals surface area (Å²) in [5.41, 5.74) is 1.14. The second-order valence-corrected chi connectivity index (χ2v) is 11.4. The Morgan fingerprint density at radius 2 is 1.92 bits per heavy atom. The monoisotopic (exact) mass is 600 g/mol. The largest absolute Gasteiger partial charge is 0.481 e. The van der Waals surface area contributed by atoms with Crippen molar-refractivity contribution in [3.63, 3.8) is 0 Å². The SMILES string of the molecule is CC(C)(C)OC(=O)NCc1ccc(NC(=O)C[C@@H]2CCc3cc(Br)cc4[nH]c(=O)c(=O)n2c34)c(CC(=O)O)c1. The average molecular weight is 601 g/mol. The van der Waals surface area contributed by atoms with Gasteiger partial charge in [0.25, 0.3) is 0 Å². The van der Waals surface area contributed by atoms with Gasteiger partial charge in [-0.15, -0.1) is 0 Å². The fourth-order valence-corrected chi connectivity index (χ4v) is 5.20. The molecule has 4 N–H and O–H groups in total. The zero-order valence-corrected chi connectivity index (χ0v) is 23.3. The summed E-state index contributed by atoms with van der Waals surface area (Å²) in [6, 6.07) is 7.91. The number of benzene rings is 2. The highest BCUT2D eigenvalue weighted by atomic mass is 79.9. The minimum absolute atomic E-state index is 0.0809. The first kappa shape index (κ1) is 28.1. The normalized spacial score (nSPS) is 14.6. The van der Waals surface area contributed by atoms with Gasteiger partial charge >= 0.3 is 23.2 Å². The first-order chi connectivity index (χ1) is 18.3. The van der Waals surface area contributed by atoms with E-state index in [1.807, 2.05) is 6.07 Å². The number of aliphatic carboxylic acids is 1. The Hall–Kier alpha value is -3.93. The van der Waals surface area contributed by atoms with Gasteiger partial charge in [-0.05, 0) is 68.5 Å². The number of rotatable bonds is 7. The van der Waals surface area contributed by atoms with Gasteiger partial charge in [-0.1, -0.05) is 28.1 Å². The molecule has 0 saturated heterocycles. The van der Waals surface area contributed by atoms with E-state index in [0.717, 1.165) is 10.0 Å². The highest BCUT2D eigenvalue weighted by molar-refractivity contribution is 9.10. The van der Waals surface area contributed by atoms with E-state index in [9.17, 15) is 29.1 Å². The summed E-state index contributed by atoms with van der Waals surface area (Å²) in [7, 11) is 0. The van der Waals surface area contributed by atoms with E-state index in [4.69, 9.17) is 4.74 Å². The summed E-state index contributed by atoms with van der Waals surface area (Å²) in [4.78, 5) is 64.3. The quantitative estimate of drug-likeness (QED) is 0.301. The molecule has 1 aliphatic heterocycles. The van der Waals surface area contributed by atoms with E-state index in [1.165, 1.54) is 4.57 Å². The molecule has 0 saturated carbocycles. The van der Waals surface area contributed by atoms with Gasteiger partial charge in [0.05, 0.1) is 17.5 Å². The Morgan fingerprint density at radius 3 is 2.62 bits per heavy atom. The van der Waals surface area contributed by atoms with Crippen LogP contribution in [0.25, 0.3) is 11.0 Å². The first-order valence-electron chi connectivity index (χ1n) is 12.4. The third-order valence-corrected chi connectivity index (χ3v) is 6.67. The van der Waals surface area contributed by atoms with Crippen LogP contribution in [0.3, 0.4) is 0 Å². The van der Waals surface area contributed by atoms with Gasteiger partial charge in [0.1, 0.15) is 5.60 Å². The molecule has 2 amide bonds. The molecule has 0 radical (unpaired) electrons. The topological polar surface area (TPSA) is 160 Å². The number of hydrogen-bond donors (Lipinski definition) is 4. The van der Waals surface area contributed by atoms with Crippen LogP contribution in [0.5, 0.6) is 0 Å². The molecule has 3 aromatic rings. The van der Waals surface area contributed by atoms with E-state index < -0.39 is 40.7 Å². The molecule has 4 rings (SSSR count). The summed E-state index contributed by atoms with van der Waals surface area (Å²) in [5.74, 6) is -1.51. The van der Waals surface area contributed by atoms with Gasteiger partial charge in [-0.3, -0.25) is 23.7 Å². The number of nitrogens with zero attached hydrogens (tertiary/aromatic N) is 1. The lowest BCUT2D eigenvalue weighted by atomic mass is 9.96. The van der Waals surface area contributed by atoms with E-state index >= 15 is 0 Å². The lowest BCUT2D eigenvalue weighted by Crippen LogP contribution is -2.41. The van der Waals surface area contributed by atoms with Crippen LogP contribution in [0.1, 0.15) is 56.3 Å². The number of halogens is 1. The molecule has 1 atom stereocenters. The fourth-order valence-electron chi connectivity index (χ4n) is 4.70. The Balaban J connectivity index is 1.53. The Morgan fingerprint density at radius 1 is 1.18 bits per heavy atom. The minimum Gasteiger partial charge on any atom is -0.481 e. The van der Waals surface area contributed by atoms with Gasteiger partial charge in [0, 0.05) is 29.2 Å². The van der Waals surface area contributed by atoms with E-state index in [1.54, 1.807) is 45.0 Å². The van der Waals surface area contributed by atoms with Crippen LogP contribution in [0.2, 0.25) is 0 Å². The number of H-pyrrole nitrogens is 1. The minimum atomic E-state index is -1.09. The lowest BCUT2D eigenvalue weighted by molar-refractivity contribution is -0.136. The first-order valence-corrected chi connectivity index (χ1v) is 13.2. The molecule has 12 heteroatoms. The molecule has 39 heavy (non-hydrogen) atoms. The fraction of sp³-hybridized carbons (Fsp3) is 0.370. The molecule has 1 aromatic heterocycles. The van der Waals surface area contributed by atoms with Crippen molar-refractivity contribution in [1.82, 2.24) is 14.9 Å².